The summed E-state index contributed by atoms with van der Waals surface area (Å²) < 4.78 is 13.9. The topological polar surface area (TPSA) is 23.6 Å². The number of aryl methyl sites for hydroxylation is 1. The van der Waals surface area contributed by atoms with Crippen molar-refractivity contribution in [1.29, 1.82) is 0 Å². The molecule has 1 fully saturated rings. The molecule has 24 heavy (non-hydrogen) atoms. The van der Waals surface area contributed by atoms with Crippen LogP contribution in [-0.4, -0.2) is 37.0 Å². The third-order valence-corrected chi connectivity index (χ3v) is 4.50. The van der Waals surface area contributed by atoms with Crippen molar-refractivity contribution < 1.29 is 9.18 Å². The van der Waals surface area contributed by atoms with Gasteiger partial charge in [-0.3, -0.25) is 4.79 Å². The highest BCUT2D eigenvalue weighted by Crippen LogP contribution is 2.21. The average Bonchev–Trinajstić information content (AvgIpc) is 2.63. The fourth-order valence-electron chi connectivity index (χ4n) is 3.14. The van der Waals surface area contributed by atoms with Crippen LogP contribution in [0.15, 0.2) is 48.5 Å². The number of hydrogen-bond acceptors (Lipinski definition) is 2. The molecule has 0 atom stereocenters. The van der Waals surface area contributed by atoms with E-state index < -0.39 is 0 Å². The minimum Gasteiger partial charge on any atom is -0.366 e. The van der Waals surface area contributed by atoms with Crippen LogP contribution in [0, 0.1) is 5.82 Å². The Morgan fingerprint density at radius 2 is 1.67 bits per heavy atom. The van der Waals surface area contributed by atoms with Gasteiger partial charge in [0, 0.05) is 31.7 Å². The maximum Gasteiger partial charge on any atom is 0.253 e. The van der Waals surface area contributed by atoms with Crippen LogP contribution in [-0.2, 0) is 6.42 Å². The molecule has 0 saturated carbocycles. The first-order chi connectivity index (χ1) is 11.7. The summed E-state index contributed by atoms with van der Waals surface area (Å²) in [7, 11) is 0. The predicted octanol–water partition coefficient (Wildman–Crippen LogP) is 3.74. The number of para-hydroxylation sites is 1. The second-order valence-corrected chi connectivity index (χ2v) is 6.18. The Bertz CT molecular complexity index is 691. The summed E-state index contributed by atoms with van der Waals surface area (Å²) in [5.74, 6) is -0.143. The van der Waals surface area contributed by atoms with Crippen LogP contribution < -0.4 is 4.90 Å². The van der Waals surface area contributed by atoms with Gasteiger partial charge in [0.25, 0.3) is 5.91 Å². The van der Waals surface area contributed by atoms with Crippen molar-refractivity contribution in [3.05, 3.63) is 65.5 Å². The second kappa shape index (κ2) is 7.47. The fourth-order valence-corrected chi connectivity index (χ4v) is 3.14. The summed E-state index contributed by atoms with van der Waals surface area (Å²) in [5.41, 5.74) is 2.61. The van der Waals surface area contributed by atoms with Gasteiger partial charge in [-0.15, -0.1) is 0 Å². The molecule has 0 radical (unpaired) electrons. The van der Waals surface area contributed by atoms with Crippen molar-refractivity contribution in [1.82, 2.24) is 4.90 Å². The molecule has 1 amide bonds. The third-order valence-electron chi connectivity index (χ3n) is 4.50. The molecule has 0 aromatic heterocycles. The highest BCUT2D eigenvalue weighted by atomic mass is 19.1. The quantitative estimate of drug-likeness (QED) is 0.854. The zero-order valence-corrected chi connectivity index (χ0v) is 14.0. The van der Waals surface area contributed by atoms with E-state index in [1.165, 1.54) is 11.6 Å². The Labute approximate surface area is 142 Å². The predicted molar refractivity (Wildman–Crippen MR) is 95.0 cm³/mol. The van der Waals surface area contributed by atoms with Crippen molar-refractivity contribution >= 4 is 11.6 Å². The van der Waals surface area contributed by atoms with Crippen LogP contribution in [0.3, 0.4) is 0 Å². The van der Waals surface area contributed by atoms with E-state index >= 15 is 0 Å². The molecule has 3 nitrogen and oxygen atoms in total. The number of nitrogens with zero attached hydrogens (tertiary/aromatic N) is 2. The van der Waals surface area contributed by atoms with E-state index in [4.69, 9.17) is 0 Å². The van der Waals surface area contributed by atoms with E-state index in [0.29, 0.717) is 31.9 Å². The average molecular weight is 326 g/mol. The number of piperazine rings is 1. The number of anilines is 1. The van der Waals surface area contributed by atoms with E-state index in [-0.39, 0.29) is 11.7 Å². The number of amides is 1. The van der Waals surface area contributed by atoms with Gasteiger partial charge >= 0.3 is 0 Å². The molecule has 0 N–H and O–H groups in total. The molecular formula is C20H23FN2O. The molecule has 3 rings (SSSR count). The van der Waals surface area contributed by atoms with Crippen molar-refractivity contribution in [2.24, 2.45) is 0 Å². The summed E-state index contributed by atoms with van der Waals surface area (Å²) in [6, 6.07) is 14.7. The Morgan fingerprint density at radius 3 is 2.29 bits per heavy atom. The first-order valence-electron chi connectivity index (χ1n) is 8.56. The van der Waals surface area contributed by atoms with Crippen LogP contribution in [0.25, 0.3) is 0 Å². The number of halogens is 1. The molecule has 2 aromatic rings. The minimum atomic E-state index is -0.205. The van der Waals surface area contributed by atoms with E-state index in [1.54, 1.807) is 12.1 Å². The number of benzene rings is 2. The van der Waals surface area contributed by atoms with E-state index in [9.17, 15) is 9.18 Å². The largest absolute Gasteiger partial charge is 0.366 e. The van der Waals surface area contributed by atoms with Gasteiger partial charge in [0.05, 0.1) is 5.69 Å². The molecule has 1 heterocycles. The van der Waals surface area contributed by atoms with Crippen molar-refractivity contribution in [3.63, 3.8) is 0 Å². The first-order valence-corrected chi connectivity index (χ1v) is 8.56. The van der Waals surface area contributed by atoms with Crippen LogP contribution in [0.2, 0.25) is 0 Å². The van der Waals surface area contributed by atoms with Gasteiger partial charge in [0.15, 0.2) is 0 Å². The van der Waals surface area contributed by atoms with Gasteiger partial charge in [0.1, 0.15) is 5.82 Å². The van der Waals surface area contributed by atoms with Crippen molar-refractivity contribution in [2.45, 2.75) is 19.8 Å². The monoisotopic (exact) mass is 326 g/mol. The number of hydrogen-bond donors (Lipinski definition) is 0. The van der Waals surface area contributed by atoms with Crippen LogP contribution in [0.1, 0.15) is 29.3 Å². The van der Waals surface area contributed by atoms with E-state index in [1.807, 2.05) is 40.1 Å². The lowest BCUT2D eigenvalue weighted by Crippen LogP contribution is -2.49. The van der Waals surface area contributed by atoms with Gasteiger partial charge in [-0.2, -0.15) is 0 Å². The smallest absolute Gasteiger partial charge is 0.253 e. The molecular weight excluding hydrogens is 303 g/mol. The fraction of sp³-hybridized carbons (Fsp3) is 0.350. The van der Waals surface area contributed by atoms with Crippen LogP contribution >= 0.6 is 0 Å². The van der Waals surface area contributed by atoms with Gasteiger partial charge in [-0.25, -0.2) is 4.39 Å². The highest BCUT2D eigenvalue weighted by molar-refractivity contribution is 5.94. The molecule has 4 heteroatoms. The molecule has 1 aliphatic heterocycles. The number of carbonyl (C=O) groups excluding carboxylic acids is 1. The standard InChI is InChI=1S/C20H23FN2O/c1-2-5-16-8-10-17(11-9-16)20(24)23-14-12-22(13-15-23)19-7-4-3-6-18(19)21/h3-4,6-11H,2,5,12-15H2,1H3. The maximum absolute atomic E-state index is 13.9. The van der Waals surface area contributed by atoms with Gasteiger partial charge < -0.3 is 9.80 Å². The lowest BCUT2D eigenvalue weighted by molar-refractivity contribution is 0.0746. The van der Waals surface area contributed by atoms with Crippen molar-refractivity contribution in [3.8, 4) is 0 Å². The SMILES string of the molecule is CCCc1ccc(C(=O)N2CCN(c3ccccc3F)CC2)cc1. The summed E-state index contributed by atoms with van der Waals surface area (Å²) in [6.45, 7) is 4.68. The molecule has 0 unspecified atom stereocenters. The lowest BCUT2D eigenvalue weighted by atomic mass is 10.1. The highest BCUT2D eigenvalue weighted by Gasteiger charge is 2.23. The first kappa shape index (κ1) is 16.5. The van der Waals surface area contributed by atoms with Gasteiger partial charge in [0.2, 0.25) is 0 Å². The van der Waals surface area contributed by atoms with Gasteiger partial charge in [-0.05, 0) is 36.2 Å². The molecule has 2 aromatic carbocycles. The Kier molecular flexibility index (Phi) is 5.14. The zero-order chi connectivity index (χ0) is 16.9. The second-order valence-electron chi connectivity index (χ2n) is 6.18. The summed E-state index contributed by atoms with van der Waals surface area (Å²) in [5, 5.41) is 0. The summed E-state index contributed by atoms with van der Waals surface area (Å²) in [6.07, 6.45) is 2.14. The normalized spacial score (nSPS) is 14.8. The number of carbonyl (C=O) groups is 1. The van der Waals surface area contributed by atoms with Crippen LogP contribution in [0.4, 0.5) is 10.1 Å². The Balaban J connectivity index is 1.62. The molecule has 0 aliphatic carbocycles. The number of rotatable bonds is 4. The third kappa shape index (κ3) is 3.58. The molecule has 0 spiro atoms. The molecule has 126 valence electrons. The summed E-state index contributed by atoms with van der Waals surface area (Å²) in [4.78, 5) is 16.5. The summed E-state index contributed by atoms with van der Waals surface area (Å²) >= 11 is 0. The Hall–Kier alpha value is -2.36. The maximum atomic E-state index is 13.9. The van der Waals surface area contributed by atoms with Crippen LogP contribution in [0.5, 0.6) is 0 Å². The Morgan fingerprint density at radius 1 is 1.00 bits per heavy atom. The molecule has 1 aliphatic rings. The van der Waals surface area contributed by atoms with Gasteiger partial charge in [-0.1, -0.05) is 37.6 Å². The van der Waals surface area contributed by atoms with E-state index in [0.717, 1.165) is 18.4 Å². The molecule has 1 saturated heterocycles. The van der Waals surface area contributed by atoms with E-state index in [2.05, 4.69) is 6.92 Å². The zero-order valence-electron chi connectivity index (χ0n) is 14.0. The minimum absolute atomic E-state index is 0.0613. The lowest BCUT2D eigenvalue weighted by Gasteiger charge is -2.36. The van der Waals surface area contributed by atoms with Crippen molar-refractivity contribution in [2.75, 3.05) is 31.1 Å². The molecule has 0 bridgehead atoms.